The van der Waals surface area contributed by atoms with Crippen LogP contribution in [0.15, 0.2) is 22.8 Å². The molecule has 1 aliphatic rings. The van der Waals surface area contributed by atoms with Crippen LogP contribution < -0.4 is 5.32 Å². The average Bonchev–Trinajstić information content (AvgIpc) is 2.37. The number of nitrogens with one attached hydrogen (secondary N) is 1. The number of piperazine rings is 1. The predicted molar refractivity (Wildman–Crippen MR) is 74.0 cm³/mol. The molecule has 1 saturated heterocycles. The fourth-order valence-electron chi connectivity index (χ4n) is 2.39. The van der Waals surface area contributed by atoms with Gasteiger partial charge in [-0.25, -0.2) is 4.98 Å². The van der Waals surface area contributed by atoms with Gasteiger partial charge in [-0.15, -0.1) is 0 Å². The van der Waals surface area contributed by atoms with Gasteiger partial charge in [0.15, 0.2) is 0 Å². The fourth-order valence-corrected chi connectivity index (χ4v) is 2.75. The molecule has 0 radical (unpaired) electrons. The van der Waals surface area contributed by atoms with Crippen LogP contribution in [-0.4, -0.2) is 36.1 Å². The molecule has 1 atom stereocenters. The molecule has 0 saturated carbocycles. The minimum atomic E-state index is 0.472. The highest BCUT2D eigenvalue weighted by Crippen LogP contribution is 2.25. The van der Waals surface area contributed by atoms with Gasteiger partial charge in [-0.05, 0) is 34.5 Å². The molecule has 2 rings (SSSR count). The summed E-state index contributed by atoms with van der Waals surface area (Å²) < 4.78 is 0.936. The molecule has 0 aromatic carbocycles. The van der Waals surface area contributed by atoms with Crippen molar-refractivity contribution in [1.29, 1.82) is 0 Å². The van der Waals surface area contributed by atoms with Crippen molar-refractivity contribution in [2.45, 2.75) is 25.8 Å². The van der Waals surface area contributed by atoms with Gasteiger partial charge in [-0.1, -0.05) is 19.4 Å². The van der Waals surface area contributed by atoms with Crippen molar-refractivity contribution in [2.75, 3.05) is 26.2 Å². The Balaban J connectivity index is 2.15. The first-order valence-corrected chi connectivity index (χ1v) is 7.18. The molecule has 1 fully saturated rings. The van der Waals surface area contributed by atoms with Gasteiger partial charge in [-0.2, -0.15) is 0 Å². The lowest BCUT2D eigenvalue weighted by molar-refractivity contribution is 0.161. The first-order valence-electron chi connectivity index (χ1n) is 6.38. The van der Waals surface area contributed by atoms with Crippen LogP contribution >= 0.6 is 15.9 Å². The smallest absolute Gasteiger partial charge is 0.106 e. The number of rotatable bonds is 4. The summed E-state index contributed by atoms with van der Waals surface area (Å²) in [5.74, 6) is 0. The summed E-state index contributed by atoms with van der Waals surface area (Å²) in [7, 11) is 0. The Hall–Kier alpha value is -0.450. The highest BCUT2D eigenvalue weighted by molar-refractivity contribution is 9.10. The topological polar surface area (TPSA) is 28.2 Å². The maximum atomic E-state index is 4.62. The zero-order chi connectivity index (χ0) is 12.1. The molecule has 17 heavy (non-hydrogen) atoms. The standard InChI is InChI=1S/C13H20BrN3/c1-2-4-12(17-9-7-15-8-10-17)11-5-3-6-13(14)16-11/h3,5-6,12,15H,2,4,7-10H2,1H3/t12-/m1/s1. The molecule has 0 spiro atoms. The Labute approximate surface area is 112 Å². The van der Waals surface area contributed by atoms with Crippen molar-refractivity contribution in [2.24, 2.45) is 0 Å². The van der Waals surface area contributed by atoms with E-state index >= 15 is 0 Å². The number of aromatic nitrogens is 1. The molecule has 1 N–H and O–H groups in total. The Kier molecular flexibility index (Phi) is 4.95. The monoisotopic (exact) mass is 297 g/mol. The van der Waals surface area contributed by atoms with Gasteiger partial charge in [0.05, 0.1) is 11.7 Å². The molecule has 0 bridgehead atoms. The summed E-state index contributed by atoms with van der Waals surface area (Å²) in [5, 5.41) is 3.40. The van der Waals surface area contributed by atoms with E-state index in [9.17, 15) is 0 Å². The SMILES string of the molecule is CCC[C@H](c1cccc(Br)n1)N1CCNCC1. The fraction of sp³-hybridized carbons (Fsp3) is 0.615. The molecular formula is C13H20BrN3. The van der Waals surface area contributed by atoms with Gasteiger partial charge in [0.1, 0.15) is 4.60 Å². The number of pyridine rings is 1. The maximum Gasteiger partial charge on any atom is 0.106 e. The van der Waals surface area contributed by atoms with Gasteiger partial charge in [0, 0.05) is 26.2 Å². The molecule has 0 amide bonds. The number of hydrogen-bond donors (Lipinski definition) is 1. The number of halogens is 1. The van der Waals surface area contributed by atoms with Crippen LogP contribution in [-0.2, 0) is 0 Å². The Bertz CT molecular complexity index is 350. The summed E-state index contributed by atoms with van der Waals surface area (Å²) in [6.45, 7) is 6.67. The molecule has 0 aliphatic carbocycles. The van der Waals surface area contributed by atoms with Gasteiger partial charge in [0.25, 0.3) is 0 Å². The molecule has 94 valence electrons. The van der Waals surface area contributed by atoms with Crippen LogP contribution in [0.25, 0.3) is 0 Å². The predicted octanol–water partition coefficient (Wildman–Crippen LogP) is 2.59. The van der Waals surface area contributed by atoms with Crippen molar-refractivity contribution in [3.8, 4) is 0 Å². The molecule has 0 unspecified atom stereocenters. The number of nitrogens with zero attached hydrogens (tertiary/aromatic N) is 2. The zero-order valence-corrected chi connectivity index (χ0v) is 11.9. The van der Waals surface area contributed by atoms with Crippen molar-refractivity contribution in [3.63, 3.8) is 0 Å². The summed E-state index contributed by atoms with van der Waals surface area (Å²) in [6, 6.07) is 6.69. The van der Waals surface area contributed by atoms with Crippen LogP contribution in [0.4, 0.5) is 0 Å². The first-order chi connectivity index (χ1) is 8.31. The van der Waals surface area contributed by atoms with Crippen LogP contribution in [0.5, 0.6) is 0 Å². The first kappa shape index (κ1) is 13.0. The Morgan fingerprint density at radius 2 is 2.18 bits per heavy atom. The van der Waals surface area contributed by atoms with Gasteiger partial charge >= 0.3 is 0 Å². The molecule has 4 heteroatoms. The van der Waals surface area contributed by atoms with E-state index in [2.05, 4.69) is 50.2 Å². The van der Waals surface area contributed by atoms with Gasteiger partial charge in [0.2, 0.25) is 0 Å². The Morgan fingerprint density at radius 3 is 2.82 bits per heavy atom. The van der Waals surface area contributed by atoms with E-state index in [-0.39, 0.29) is 0 Å². The van der Waals surface area contributed by atoms with Crippen molar-refractivity contribution < 1.29 is 0 Å². The molecule has 2 heterocycles. The van der Waals surface area contributed by atoms with E-state index in [1.165, 1.54) is 18.5 Å². The molecule has 3 nitrogen and oxygen atoms in total. The van der Waals surface area contributed by atoms with E-state index in [0.717, 1.165) is 30.8 Å². The Morgan fingerprint density at radius 1 is 1.41 bits per heavy atom. The van der Waals surface area contributed by atoms with Crippen molar-refractivity contribution >= 4 is 15.9 Å². The second-order valence-electron chi connectivity index (χ2n) is 4.48. The average molecular weight is 298 g/mol. The lowest BCUT2D eigenvalue weighted by Crippen LogP contribution is -2.45. The highest BCUT2D eigenvalue weighted by atomic mass is 79.9. The third kappa shape index (κ3) is 3.50. The van der Waals surface area contributed by atoms with Crippen LogP contribution in [0.3, 0.4) is 0 Å². The van der Waals surface area contributed by atoms with E-state index in [1.807, 2.05) is 6.07 Å². The van der Waals surface area contributed by atoms with E-state index in [1.54, 1.807) is 0 Å². The van der Waals surface area contributed by atoms with Gasteiger partial charge in [-0.3, -0.25) is 4.90 Å². The summed E-state index contributed by atoms with van der Waals surface area (Å²) in [5.41, 5.74) is 1.20. The minimum absolute atomic E-state index is 0.472. The highest BCUT2D eigenvalue weighted by Gasteiger charge is 2.22. The largest absolute Gasteiger partial charge is 0.314 e. The van der Waals surface area contributed by atoms with Gasteiger partial charge < -0.3 is 5.32 Å². The molecular weight excluding hydrogens is 278 g/mol. The second kappa shape index (κ2) is 6.47. The molecule has 1 aromatic heterocycles. The van der Waals surface area contributed by atoms with E-state index in [0.29, 0.717) is 6.04 Å². The second-order valence-corrected chi connectivity index (χ2v) is 5.29. The lowest BCUT2D eigenvalue weighted by Gasteiger charge is -2.34. The van der Waals surface area contributed by atoms with Crippen molar-refractivity contribution in [3.05, 3.63) is 28.5 Å². The maximum absolute atomic E-state index is 4.62. The molecule has 1 aromatic rings. The zero-order valence-electron chi connectivity index (χ0n) is 10.3. The third-order valence-corrected chi connectivity index (χ3v) is 3.67. The van der Waals surface area contributed by atoms with E-state index in [4.69, 9.17) is 0 Å². The summed E-state index contributed by atoms with van der Waals surface area (Å²) in [4.78, 5) is 7.17. The van der Waals surface area contributed by atoms with E-state index < -0.39 is 0 Å². The summed E-state index contributed by atoms with van der Waals surface area (Å²) >= 11 is 3.46. The quantitative estimate of drug-likeness (QED) is 0.866. The molecule has 1 aliphatic heterocycles. The number of hydrogen-bond acceptors (Lipinski definition) is 3. The van der Waals surface area contributed by atoms with Crippen LogP contribution in [0.1, 0.15) is 31.5 Å². The lowest BCUT2D eigenvalue weighted by atomic mass is 10.0. The normalized spacial score (nSPS) is 19.2. The summed E-state index contributed by atoms with van der Waals surface area (Å²) in [6.07, 6.45) is 2.38. The van der Waals surface area contributed by atoms with Crippen LogP contribution in [0, 0.1) is 0 Å². The van der Waals surface area contributed by atoms with Crippen LogP contribution in [0.2, 0.25) is 0 Å². The minimum Gasteiger partial charge on any atom is -0.314 e. The third-order valence-electron chi connectivity index (χ3n) is 3.23. The van der Waals surface area contributed by atoms with Crippen molar-refractivity contribution in [1.82, 2.24) is 15.2 Å².